The molecule has 1 aromatic rings. The summed E-state index contributed by atoms with van der Waals surface area (Å²) < 4.78 is 19.2. The SMILES string of the molecule is CCCCC(CC)COc1cc(Br)c(OC[C@H](CC(C)C)NC(=O)OC(C)(C)C)cc1Br. The monoisotopic (exact) mass is 577 g/mol. The van der Waals surface area contributed by atoms with E-state index < -0.39 is 11.7 Å². The Kier molecular flexibility index (Phi) is 13.0. The highest BCUT2D eigenvalue weighted by Gasteiger charge is 2.21. The fourth-order valence-corrected chi connectivity index (χ4v) is 4.11. The number of halogens is 2. The Morgan fingerprint density at radius 2 is 1.59 bits per heavy atom. The smallest absolute Gasteiger partial charge is 0.407 e. The van der Waals surface area contributed by atoms with Gasteiger partial charge in [-0.2, -0.15) is 0 Å². The van der Waals surface area contributed by atoms with E-state index in [1.54, 1.807) is 0 Å². The van der Waals surface area contributed by atoms with Gasteiger partial charge in [0.15, 0.2) is 0 Å². The van der Waals surface area contributed by atoms with Crippen LogP contribution >= 0.6 is 31.9 Å². The van der Waals surface area contributed by atoms with Gasteiger partial charge in [-0.1, -0.05) is 47.0 Å². The second-order valence-corrected chi connectivity index (χ2v) is 11.4. The highest BCUT2D eigenvalue weighted by molar-refractivity contribution is 9.11. The minimum absolute atomic E-state index is 0.157. The Bertz CT molecular complexity index is 704. The van der Waals surface area contributed by atoms with Gasteiger partial charge in [0, 0.05) is 0 Å². The molecule has 1 rings (SSSR count). The van der Waals surface area contributed by atoms with Crippen LogP contribution in [-0.2, 0) is 4.74 Å². The zero-order valence-electron chi connectivity index (χ0n) is 20.7. The molecule has 0 bridgehead atoms. The third-order valence-electron chi connectivity index (χ3n) is 4.92. The summed E-state index contributed by atoms with van der Waals surface area (Å²) in [6.45, 7) is 15.3. The molecule has 0 saturated carbocycles. The van der Waals surface area contributed by atoms with Crippen LogP contribution in [0.15, 0.2) is 21.1 Å². The first kappa shape index (κ1) is 29.1. The van der Waals surface area contributed by atoms with Gasteiger partial charge in [-0.25, -0.2) is 4.79 Å². The summed E-state index contributed by atoms with van der Waals surface area (Å²) in [5.41, 5.74) is -0.537. The van der Waals surface area contributed by atoms with Gasteiger partial charge in [-0.15, -0.1) is 0 Å². The van der Waals surface area contributed by atoms with Crippen molar-refractivity contribution in [1.82, 2.24) is 5.32 Å². The van der Waals surface area contributed by atoms with Gasteiger partial charge in [-0.3, -0.25) is 0 Å². The number of unbranched alkanes of at least 4 members (excludes halogenated alkanes) is 1. The first-order valence-corrected chi connectivity index (χ1v) is 13.3. The number of amides is 1. The third kappa shape index (κ3) is 11.8. The van der Waals surface area contributed by atoms with Gasteiger partial charge in [0.25, 0.3) is 0 Å². The zero-order chi connectivity index (χ0) is 24.3. The van der Waals surface area contributed by atoms with E-state index in [1.807, 2.05) is 32.9 Å². The van der Waals surface area contributed by atoms with Gasteiger partial charge >= 0.3 is 6.09 Å². The first-order valence-electron chi connectivity index (χ1n) is 11.7. The Morgan fingerprint density at radius 1 is 1.03 bits per heavy atom. The number of alkyl carbamates (subject to hydrolysis) is 1. The lowest BCUT2D eigenvalue weighted by molar-refractivity contribution is 0.0480. The Balaban J connectivity index is 2.76. The number of ether oxygens (including phenoxy) is 3. The lowest BCUT2D eigenvalue weighted by Gasteiger charge is -2.25. The molecule has 1 amide bonds. The first-order chi connectivity index (χ1) is 14.9. The van der Waals surface area contributed by atoms with Gasteiger partial charge in [0.1, 0.15) is 23.7 Å². The molecule has 1 N–H and O–H groups in total. The molecular weight excluding hydrogens is 538 g/mol. The van der Waals surface area contributed by atoms with Crippen molar-refractivity contribution in [1.29, 1.82) is 0 Å². The van der Waals surface area contributed by atoms with E-state index in [0.29, 0.717) is 30.8 Å². The highest BCUT2D eigenvalue weighted by Crippen LogP contribution is 2.37. The number of hydrogen-bond donors (Lipinski definition) is 1. The van der Waals surface area contributed by atoms with Crippen molar-refractivity contribution < 1.29 is 19.0 Å². The number of rotatable bonds is 13. The molecule has 32 heavy (non-hydrogen) atoms. The molecule has 0 fully saturated rings. The molecule has 0 aromatic heterocycles. The van der Waals surface area contributed by atoms with E-state index in [-0.39, 0.29) is 6.04 Å². The number of carbonyl (C=O) groups excluding carboxylic acids is 1. The summed E-state index contributed by atoms with van der Waals surface area (Å²) in [5.74, 6) is 2.46. The van der Waals surface area contributed by atoms with Crippen LogP contribution in [0.2, 0.25) is 0 Å². The van der Waals surface area contributed by atoms with Crippen molar-refractivity contribution >= 4 is 38.0 Å². The number of nitrogens with one attached hydrogen (secondary N) is 1. The van der Waals surface area contributed by atoms with E-state index in [0.717, 1.165) is 27.5 Å². The van der Waals surface area contributed by atoms with Crippen LogP contribution in [0.3, 0.4) is 0 Å². The molecule has 2 atom stereocenters. The van der Waals surface area contributed by atoms with E-state index >= 15 is 0 Å². The average Bonchev–Trinajstić information content (AvgIpc) is 2.67. The summed E-state index contributed by atoms with van der Waals surface area (Å²) in [6.07, 6.45) is 5.10. The molecule has 0 aliphatic rings. The molecule has 0 spiro atoms. The lowest BCUT2D eigenvalue weighted by atomic mass is 10.0. The van der Waals surface area contributed by atoms with E-state index in [4.69, 9.17) is 14.2 Å². The maximum absolute atomic E-state index is 12.2. The number of carbonyl (C=O) groups is 1. The molecule has 0 radical (unpaired) electrons. The summed E-state index contributed by atoms with van der Waals surface area (Å²) in [7, 11) is 0. The Morgan fingerprint density at radius 3 is 2.06 bits per heavy atom. The molecule has 1 unspecified atom stereocenters. The van der Waals surface area contributed by atoms with Gasteiger partial charge < -0.3 is 19.5 Å². The van der Waals surface area contributed by atoms with Crippen LogP contribution in [0, 0.1) is 11.8 Å². The predicted molar refractivity (Wildman–Crippen MR) is 139 cm³/mol. The van der Waals surface area contributed by atoms with Gasteiger partial charge in [0.2, 0.25) is 0 Å². The normalized spacial score (nSPS) is 13.6. The Hall–Kier alpha value is -0.950. The summed E-state index contributed by atoms with van der Waals surface area (Å²) >= 11 is 7.21. The average molecular weight is 579 g/mol. The quantitative estimate of drug-likeness (QED) is 0.257. The molecule has 184 valence electrons. The molecule has 0 saturated heterocycles. The number of benzene rings is 1. The van der Waals surface area contributed by atoms with Crippen molar-refractivity contribution in [2.75, 3.05) is 13.2 Å². The number of hydrogen-bond acceptors (Lipinski definition) is 4. The van der Waals surface area contributed by atoms with E-state index in [9.17, 15) is 4.79 Å². The van der Waals surface area contributed by atoms with E-state index in [2.05, 4.69) is 64.9 Å². The Labute approximate surface area is 211 Å². The topological polar surface area (TPSA) is 56.8 Å². The van der Waals surface area contributed by atoms with E-state index in [1.165, 1.54) is 19.3 Å². The van der Waals surface area contributed by atoms with Crippen LogP contribution in [0.1, 0.15) is 80.6 Å². The van der Waals surface area contributed by atoms with Gasteiger partial charge in [0.05, 0.1) is 21.6 Å². The molecular formula is C25H41Br2NO4. The molecule has 5 nitrogen and oxygen atoms in total. The van der Waals surface area contributed by atoms with Crippen LogP contribution in [0.4, 0.5) is 4.79 Å². The summed E-state index contributed by atoms with van der Waals surface area (Å²) in [4.78, 5) is 12.2. The van der Waals surface area contributed by atoms with Crippen molar-refractivity contribution in [3.05, 3.63) is 21.1 Å². The maximum atomic E-state index is 12.2. The highest BCUT2D eigenvalue weighted by atomic mass is 79.9. The third-order valence-corrected chi connectivity index (χ3v) is 6.16. The summed E-state index contributed by atoms with van der Waals surface area (Å²) in [6, 6.07) is 3.69. The van der Waals surface area contributed by atoms with Crippen LogP contribution in [0.25, 0.3) is 0 Å². The zero-order valence-corrected chi connectivity index (χ0v) is 23.9. The predicted octanol–water partition coefficient (Wildman–Crippen LogP) is 8.13. The molecule has 0 heterocycles. The summed E-state index contributed by atoms with van der Waals surface area (Å²) in [5, 5.41) is 2.94. The van der Waals surface area contributed by atoms with Crippen molar-refractivity contribution in [3.63, 3.8) is 0 Å². The van der Waals surface area contributed by atoms with Crippen molar-refractivity contribution in [2.24, 2.45) is 11.8 Å². The minimum atomic E-state index is -0.537. The second-order valence-electron chi connectivity index (χ2n) is 9.72. The molecule has 7 heteroatoms. The van der Waals surface area contributed by atoms with Crippen LogP contribution in [0.5, 0.6) is 11.5 Å². The standard InChI is InChI=1S/C25H41Br2NO4/c1-8-10-11-18(9-2)15-30-22-13-21(27)23(14-20(22)26)31-16-19(12-17(3)4)28-24(29)32-25(5,6)7/h13-14,17-19H,8-12,15-16H2,1-7H3,(H,28,29)/t18?,19-/m0/s1. The van der Waals surface area contributed by atoms with Crippen molar-refractivity contribution in [2.45, 2.75) is 92.2 Å². The molecule has 1 aromatic carbocycles. The van der Waals surface area contributed by atoms with Crippen LogP contribution < -0.4 is 14.8 Å². The largest absolute Gasteiger partial charge is 0.492 e. The van der Waals surface area contributed by atoms with Crippen LogP contribution in [-0.4, -0.2) is 30.9 Å². The fourth-order valence-electron chi connectivity index (χ4n) is 3.24. The minimum Gasteiger partial charge on any atom is -0.492 e. The van der Waals surface area contributed by atoms with Crippen molar-refractivity contribution in [3.8, 4) is 11.5 Å². The molecule has 0 aliphatic heterocycles. The maximum Gasteiger partial charge on any atom is 0.407 e. The molecule has 0 aliphatic carbocycles. The van der Waals surface area contributed by atoms with Gasteiger partial charge in [-0.05, 0) is 89.4 Å². The second kappa shape index (κ2) is 14.3. The lowest BCUT2D eigenvalue weighted by Crippen LogP contribution is -2.42. The fraction of sp³-hybridized carbons (Fsp3) is 0.720.